The number of aryl methyl sites for hydroxylation is 1. The van der Waals surface area contributed by atoms with Crippen molar-refractivity contribution in [1.82, 2.24) is 19.7 Å². The van der Waals surface area contributed by atoms with E-state index in [-0.39, 0.29) is 17.5 Å². The average molecular weight is 587 g/mol. The summed E-state index contributed by atoms with van der Waals surface area (Å²) in [4.78, 5) is 18.9. The SMILES string of the molecule is COc1c(C(=O)O)cnn1-c1cccc(C2=CCCC(C)=C2OCc2cc(C)c3c(c2)CCN(CC2COCCO2)C3)n1. The number of carboxylic acids is 1. The van der Waals surface area contributed by atoms with E-state index in [0.29, 0.717) is 32.2 Å². The Balaban J connectivity index is 1.18. The lowest BCUT2D eigenvalue weighted by atomic mass is 9.93. The van der Waals surface area contributed by atoms with Gasteiger partial charge in [0.1, 0.15) is 17.9 Å². The fourth-order valence-electron chi connectivity index (χ4n) is 6.15. The van der Waals surface area contributed by atoms with E-state index >= 15 is 0 Å². The zero-order valence-electron chi connectivity index (χ0n) is 25.0. The third-order valence-corrected chi connectivity index (χ3v) is 8.31. The molecule has 10 heteroatoms. The van der Waals surface area contributed by atoms with Crippen molar-refractivity contribution in [3.63, 3.8) is 0 Å². The molecule has 3 aromatic rings. The quantitative estimate of drug-likeness (QED) is 0.381. The molecule has 0 spiro atoms. The highest BCUT2D eigenvalue weighted by atomic mass is 16.6. The highest BCUT2D eigenvalue weighted by molar-refractivity contribution is 5.90. The molecule has 0 radical (unpaired) electrons. The van der Waals surface area contributed by atoms with E-state index in [2.05, 4.69) is 42.1 Å². The maximum absolute atomic E-state index is 11.6. The Morgan fingerprint density at radius 2 is 2.07 bits per heavy atom. The molecule has 1 aromatic carbocycles. The molecule has 1 aliphatic carbocycles. The molecule has 2 aliphatic heterocycles. The lowest BCUT2D eigenvalue weighted by Crippen LogP contribution is -2.42. The van der Waals surface area contributed by atoms with Gasteiger partial charge < -0.3 is 24.1 Å². The molecular weight excluding hydrogens is 548 g/mol. The largest absolute Gasteiger partial charge is 0.488 e. The van der Waals surface area contributed by atoms with Crippen LogP contribution in [-0.2, 0) is 33.8 Å². The van der Waals surface area contributed by atoms with E-state index in [1.54, 1.807) is 6.07 Å². The number of aromatic nitrogens is 3. The van der Waals surface area contributed by atoms with Gasteiger partial charge in [-0.15, -0.1) is 0 Å². The second-order valence-electron chi connectivity index (χ2n) is 11.3. The molecule has 2 aromatic heterocycles. The van der Waals surface area contributed by atoms with E-state index in [1.807, 2.05) is 12.1 Å². The minimum atomic E-state index is -1.11. The number of methoxy groups -OCH3 is 1. The van der Waals surface area contributed by atoms with Crippen molar-refractivity contribution in [2.75, 3.05) is 40.0 Å². The molecule has 1 atom stereocenters. The smallest absolute Gasteiger partial charge is 0.342 e. The van der Waals surface area contributed by atoms with Gasteiger partial charge in [0.15, 0.2) is 5.82 Å². The summed E-state index contributed by atoms with van der Waals surface area (Å²) in [6.07, 6.45) is 6.39. The number of benzene rings is 1. The van der Waals surface area contributed by atoms with Crippen LogP contribution in [0.5, 0.6) is 5.88 Å². The van der Waals surface area contributed by atoms with Crippen molar-refractivity contribution in [2.45, 2.75) is 52.4 Å². The van der Waals surface area contributed by atoms with Gasteiger partial charge in [0.2, 0.25) is 5.88 Å². The first-order valence-corrected chi connectivity index (χ1v) is 14.8. The first kappa shape index (κ1) is 29.1. The van der Waals surface area contributed by atoms with Gasteiger partial charge in [-0.1, -0.05) is 24.3 Å². The van der Waals surface area contributed by atoms with Crippen molar-refractivity contribution in [3.8, 4) is 11.7 Å². The number of hydrogen-bond donors (Lipinski definition) is 1. The van der Waals surface area contributed by atoms with Crippen LogP contribution >= 0.6 is 0 Å². The van der Waals surface area contributed by atoms with Crippen LogP contribution in [0.25, 0.3) is 11.4 Å². The van der Waals surface area contributed by atoms with E-state index in [1.165, 1.54) is 40.3 Å². The normalized spacial score (nSPS) is 19.1. The maximum atomic E-state index is 11.6. The number of ether oxygens (including phenoxy) is 4. The molecule has 1 saturated heterocycles. The van der Waals surface area contributed by atoms with Gasteiger partial charge in [-0.05, 0) is 73.1 Å². The van der Waals surface area contributed by atoms with Crippen LogP contribution in [0.15, 0.2) is 53.9 Å². The van der Waals surface area contributed by atoms with Gasteiger partial charge in [-0.25, -0.2) is 9.78 Å². The van der Waals surface area contributed by atoms with E-state index in [9.17, 15) is 9.90 Å². The molecule has 6 rings (SSSR count). The third kappa shape index (κ3) is 6.22. The molecule has 3 aliphatic rings. The van der Waals surface area contributed by atoms with Gasteiger partial charge in [0.25, 0.3) is 0 Å². The van der Waals surface area contributed by atoms with Crippen molar-refractivity contribution in [2.24, 2.45) is 0 Å². The number of aromatic carboxylic acids is 1. The third-order valence-electron chi connectivity index (χ3n) is 8.31. The summed E-state index contributed by atoms with van der Waals surface area (Å²) in [6, 6.07) is 10.1. The molecule has 4 heterocycles. The van der Waals surface area contributed by atoms with E-state index in [0.717, 1.165) is 61.5 Å². The van der Waals surface area contributed by atoms with Crippen LogP contribution in [0, 0.1) is 6.92 Å². The molecular formula is C33H38N4O6. The number of carbonyl (C=O) groups is 1. The van der Waals surface area contributed by atoms with Crippen LogP contribution in [0.2, 0.25) is 0 Å². The Kier molecular flexibility index (Phi) is 8.60. The summed E-state index contributed by atoms with van der Waals surface area (Å²) < 4.78 is 24.8. The number of rotatable bonds is 9. The van der Waals surface area contributed by atoms with E-state index < -0.39 is 5.97 Å². The molecule has 226 valence electrons. The standard InChI is InChI=1S/C33H38N4O6/c1-21-6-4-7-26(29-8-5-9-30(35-29)37-32(40-3)27(16-34-37)33(38)39)31(21)43-19-23-14-22(2)28-18-36(11-10-24(28)15-23)17-25-20-41-12-13-42-25/h5,7-9,14-16,25H,4,6,10-13,17-20H2,1-3H3,(H,38,39). The van der Waals surface area contributed by atoms with Gasteiger partial charge in [0, 0.05) is 25.2 Å². The average Bonchev–Trinajstić information content (AvgIpc) is 3.46. The van der Waals surface area contributed by atoms with Crippen LogP contribution < -0.4 is 4.74 Å². The summed E-state index contributed by atoms with van der Waals surface area (Å²) in [7, 11) is 1.42. The Morgan fingerprint density at radius 1 is 1.19 bits per heavy atom. The minimum Gasteiger partial charge on any atom is -0.488 e. The highest BCUT2D eigenvalue weighted by Crippen LogP contribution is 2.34. The van der Waals surface area contributed by atoms with Crippen molar-refractivity contribution < 1.29 is 28.8 Å². The molecule has 0 saturated carbocycles. The number of pyridine rings is 1. The van der Waals surface area contributed by atoms with Gasteiger partial charge >= 0.3 is 5.97 Å². The lowest BCUT2D eigenvalue weighted by Gasteiger charge is -2.34. The lowest BCUT2D eigenvalue weighted by molar-refractivity contribution is -0.0985. The fourth-order valence-corrected chi connectivity index (χ4v) is 6.15. The minimum absolute atomic E-state index is 0.0211. The van der Waals surface area contributed by atoms with Crippen LogP contribution in [0.1, 0.15) is 58.1 Å². The molecule has 10 nitrogen and oxygen atoms in total. The van der Waals surface area contributed by atoms with Crippen LogP contribution in [0.3, 0.4) is 0 Å². The van der Waals surface area contributed by atoms with Crippen molar-refractivity contribution >= 4 is 11.5 Å². The summed E-state index contributed by atoms with van der Waals surface area (Å²) in [5.41, 5.74) is 8.05. The van der Waals surface area contributed by atoms with Gasteiger partial charge in [-0.2, -0.15) is 9.78 Å². The second-order valence-corrected chi connectivity index (χ2v) is 11.3. The van der Waals surface area contributed by atoms with Crippen molar-refractivity contribution in [3.05, 3.63) is 87.4 Å². The maximum Gasteiger partial charge on any atom is 0.342 e. The van der Waals surface area contributed by atoms with E-state index in [4.69, 9.17) is 23.9 Å². The molecule has 1 fully saturated rings. The first-order chi connectivity index (χ1) is 20.9. The zero-order chi connectivity index (χ0) is 29.9. The van der Waals surface area contributed by atoms with Crippen LogP contribution in [0.4, 0.5) is 0 Å². The second kappa shape index (κ2) is 12.7. The Bertz CT molecular complexity index is 1570. The predicted molar refractivity (Wildman–Crippen MR) is 160 cm³/mol. The summed E-state index contributed by atoms with van der Waals surface area (Å²) in [5, 5.41) is 13.7. The molecule has 1 unspecified atom stereocenters. The Hall–Kier alpha value is -3.99. The zero-order valence-corrected chi connectivity index (χ0v) is 25.0. The summed E-state index contributed by atoms with van der Waals surface area (Å²) in [5.74, 6) is 0.320. The topological polar surface area (TPSA) is 108 Å². The Labute approximate surface area is 251 Å². The predicted octanol–water partition coefficient (Wildman–Crippen LogP) is 4.72. The molecule has 0 bridgehead atoms. The van der Waals surface area contributed by atoms with Gasteiger partial charge in [-0.3, -0.25) is 4.90 Å². The van der Waals surface area contributed by atoms with Crippen LogP contribution in [-0.4, -0.2) is 76.9 Å². The number of hydrogen-bond acceptors (Lipinski definition) is 8. The number of fused-ring (bicyclic) bond motifs is 1. The monoisotopic (exact) mass is 586 g/mol. The van der Waals surface area contributed by atoms with Crippen molar-refractivity contribution in [1.29, 1.82) is 0 Å². The molecule has 0 amide bonds. The van der Waals surface area contributed by atoms with Gasteiger partial charge in [0.05, 0.1) is 44.9 Å². The Morgan fingerprint density at radius 3 is 2.86 bits per heavy atom. The fraction of sp³-hybridized carbons (Fsp3) is 0.424. The summed E-state index contributed by atoms with van der Waals surface area (Å²) >= 11 is 0. The highest BCUT2D eigenvalue weighted by Gasteiger charge is 2.25. The summed E-state index contributed by atoms with van der Waals surface area (Å²) in [6.45, 7) is 9.63. The number of nitrogens with zero attached hydrogens (tertiary/aromatic N) is 4. The number of allylic oxidation sites excluding steroid dienone is 3. The molecule has 1 N–H and O–H groups in total. The first-order valence-electron chi connectivity index (χ1n) is 14.8. The molecule has 43 heavy (non-hydrogen) atoms. The number of carboxylic acid groups (broad SMARTS) is 1.